The van der Waals surface area contributed by atoms with Gasteiger partial charge in [-0.3, -0.25) is 4.79 Å². The number of nitrogens with zero attached hydrogens (tertiary/aromatic N) is 2. The molecule has 0 bridgehead atoms. The molecule has 1 saturated heterocycles. The van der Waals surface area contributed by atoms with E-state index < -0.39 is 5.91 Å². The van der Waals surface area contributed by atoms with Crippen molar-refractivity contribution < 1.29 is 4.79 Å². The average Bonchev–Trinajstić information content (AvgIpc) is 2.46. The number of piperidine rings is 1. The predicted molar refractivity (Wildman–Crippen MR) is 80.3 cm³/mol. The molecular formula is C15H22N4O. The lowest BCUT2D eigenvalue weighted by Crippen LogP contribution is -2.42. The maximum atomic E-state index is 11.0. The van der Waals surface area contributed by atoms with Crippen LogP contribution in [0, 0.1) is 5.92 Å². The Balaban J connectivity index is 1.92. The SMILES string of the molecule is CC1CCN(C(N)=NCc2ccc(C(N)=O)cc2)CC1. The van der Waals surface area contributed by atoms with Crippen molar-refractivity contribution >= 4 is 11.9 Å². The van der Waals surface area contributed by atoms with E-state index in [-0.39, 0.29) is 0 Å². The molecule has 0 aromatic heterocycles. The van der Waals surface area contributed by atoms with Crippen LogP contribution in [0.25, 0.3) is 0 Å². The van der Waals surface area contributed by atoms with E-state index in [1.54, 1.807) is 12.1 Å². The Hall–Kier alpha value is -2.04. The summed E-state index contributed by atoms with van der Waals surface area (Å²) in [5, 5.41) is 0. The summed E-state index contributed by atoms with van der Waals surface area (Å²) in [7, 11) is 0. The third-order valence-corrected chi connectivity index (χ3v) is 3.77. The van der Waals surface area contributed by atoms with Crippen LogP contribution in [0.3, 0.4) is 0 Å². The standard InChI is InChI=1S/C15H22N4O/c1-11-6-8-19(9-7-11)15(17)18-10-12-2-4-13(5-3-12)14(16)20/h2-5,11H,6-10H2,1H3,(H2,16,20)(H2,17,18). The van der Waals surface area contributed by atoms with Gasteiger partial charge >= 0.3 is 0 Å². The summed E-state index contributed by atoms with van der Waals surface area (Å²) in [4.78, 5) is 17.5. The molecule has 4 N–H and O–H groups in total. The van der Waals surface area contributed by atoms with Gasteiger partial charge in [-0.25, -0.2) is 4.99 Å². The number of rotatable bonds is 3. The van der Waals surface area contributed by atoms with Crippen molar-refractivity contribution in [3.63, 3.8) is 0 Å². The molecule has 108 valence electrons. The third-order valence-electron chi connectivity index (χ3n) is 3.77. The Morgan fingerprint density at radius 1 is 1.25 bits per heavy atom. The van der Waals surface area contributed by atoms with Crippen LogP contribution in [0.1, 0.15) is 35.7 Å². The van der Waals surface area contributed by atoms with Crippen molar-refractivity contribution in [1.82, 2.24) is 4.90 Å². The van der Waals surface area contributed by atoms with Gasteiger partial charge in [0.05, 0.1) is 6.54 Å². The Morgan fingerprint density at radius 2 is 1.85 bits per heavy atom. The van der Waals surface area contributed by atoms with Gasteiger partial charge in [0, 0.05) is 18.7 Å². The molecule has 0 spiro atoms. The molecule has 1 aliphatic rings. The number of aliphatic imine (C=N–C) groups is 1. The number of benzene rings is 1. The highest BCUT2D eigenvalue weighted by molar-refractivity contribution is 5.92. The molecule has 1 amide bonds. The summed E-state index contributed by atoms with van der Waals surface area (Å²) in [6.45, 7) is 4.76. The highest BCUT2D eigenvalue weighted by atomic mass is 16.1. The molecule has 0 atom stereocenters. The van der Waals surface area contributed by atoms with E-state index in [9.17, 15) is 4.79 Å². The van der Waals surface area contributed by atoms with E-state index in [1.165, 1.54) is 12.8 Å². The van der Waals surface area contributed by atoms with Crippen molar-refractivity contribution in [3.8, 4) is 0 Å². The van der Waals surface area contributed by atoms with Gasteiger partial charge in [-0.2, -0.15) is 0 Å². The second kappa shape index (κ2) is 6.41. The first kappa shape index (κ1) is 14.4. The Kier molecular flexibility index (Phi) is 4.61. The summed E-state index contributed by atoms with van der Waals surface area (Å²) in [6, 6.07) is 7.14. The monoisotopic (exact) mass is 274 g/mol. The first-order chi connectivity index (χ1) is 9.56. The number of primary amides is 1. The third kappa shape index (κ3) is 3.73. The minimum absolute atomic E-state index is 0.415. The summed E-state index contributed by atoms with van der Waals surface area (Å²) in [6.07, 6.45) is 2.34. The Labute approximate surface area is 119 Å². The number of carbonyl (C=O) groups is 1. The van der Waals surface area contributed by atoms with Crippen molar-refractivity contribution in [2.75, 3.05) is 13.1 Å². The fourth-order valence-electron chi connectivity index (χ4n) is 2.28. The zero-order valence-corrected chi connectivity index (χ0v) is 11.9. The highest BCUT2D eigenvalue weighted by Gasteiger charge is 2.16. The molecule has 5 heteroatoms. The summed E-state index contributed by atoms with van der Waals surface area (Å²) in [5.74, 6) is 0.971. The number of amides is 1. The zero-order valence-electron chi connectivity index (χ0n) is 11.9. The summed E-state index contributed by atoms with van der Waals surface area (Å²) < 4.78 is 0. The van der Waals surface area contributed by atoms with Crippen molar-refractivity contribution in [2.45, 2.75) is 26.3 Å². The number of likely N-dealkylation sites (tertiary alicyclic amines) is 1. The van der Waals surface area contributed by atoms with E-state index in [0.717, 1.165) is 24.6 Å². The fourth-order valence-corrected chi connectivity index (χ4v) is 2.28. The average molecular weight is 274 g/mol. The lowest BCUT2D eigenvalue weighted by molar-refractivity contribution is 0.100. The van der Waals surface area contributed by atoms with Crippen molar-refractivity contribution in [1.29, 1.82) is 0 Å². The minimum Gasteiger partial charge on any atom is -0.370 e. The van der Waals surface area contributed by atoms with Crippen LogP contribution in [0.15, 0.2) is 29.3 Å². The molecule has 5 nitrogen and oxygen atoms in total. The van der Waals surface area contributed by atoms with Crippen LogP contribution in [-0.2, 0) is 6.54 Å². The van der Waals surface area contributed by atoms with Gasteiger partial charge in [0.1, 0.15) is 0 Å². The predicted octanol–water partition coefficient (Wildman–Crippen LogP) is 1.33. The van der Waals surface area contributed by atoms with Gasteiger partial charge in [0.15, 0.2) is 5.96 Å². The first-order valence-corrected chi connectivity index (χ1v) is 7.00. The Morgan fingerprint density at radius 3 is 2.40 bits per heavy atom. The normalized spacial score (nSPS) is 17.2. The molecule has 1 aromatic rings. The second-order valence-electron chi connectivity index (χ2n) is 5.41. The van der Waals surface area contributed by atoms with E-state index in [2.05, 4.69) is 16.8 Å². The quantitative estimate of drug-likeness (QED) is 0.644. The van der Waals surface area contributed by atoms with Gasteiger partial charge < -0.3 is 16.4 Å². The van der Waals surface area contributed by atoms with Crippen molar-refractivity contribution in [3.05, 3.63) is 35.4 Å². The van der Waals surface area contributed by atoms with Gasteiger partial charge in [0.25, 0.3) is 0 Å². The minimum atomic E-state index is -0.415. The van der Waals surface area contributed by atoms with Crippen LogP contribution in [-0.4, -0.2) is 29.9 Å². The van der Waals surface area contributed by atoms with Gasteiger partial charge in [0.2, 0.25) is 5.91 Å². The van der Waals surface area contributed by atoms with Crippen molar-refractivity contribution in [2.24, 2.45) is 22.4 Å². The number of guanidine groups is 1. The molecule has 2 rings (SSSR count). The van der Waals surface area contributed by atoms with Crippen LogP contribution >= 0.6 is 0 Å². The molecule has 0 radical (unpaired) electrons. The first-order valence-electron chi connectivity index (χ1n) is 7.00. The Bertz CT molecular complexity index is 487. The zero-order chi connectivity index (χ0) is 14.5. The molecule has 1 aliphatic heterocycles. The molecule has 1 aromatic carbocycles. The van der Waals surface area contributed by atoms with Gasteiger partial charge in [-0.1, -0.05) is 19.1 Å². The molecule has 20 heavy (non-hydrogen) atoms. The fraction of sp³-hybridized carbons (Fsp3) is 0.467. The number of hydrogen-bond acceptors (Lipinski definition) is 2. The topological polar surface area (TPSA) is 84.7 Å². The molecule has 0 unspecified atom stereocenters. The summed E-state index contributed by atoms with van der Waals surface area (Å²) in [5.41, 5.74) is 12.8. The molecule has 0 aliphatic carbocycles. The number of carbonyl (C=O) groups excluding carboxylic acids is 1. The van der Waals surface area contributed by atoms with Gasteiger partial charge in [-0.05, 0) is 36.5 Å². The maximum absolute atomic E-state index is 11.0. The lowest BCUT2D eigenvalue weighted by Gasteiger charge is -2.31. The summed E-state index contributed by atoms with van der Waals surface area (Å²) >= 11 is 0. The maximum Gasteiger partial charge on any atom is 0.248 e. The molecule has 1 heterocycles. The highest BCUT2D eigenvalue weighted by Crippen LogP contribution is 2.15. The number of nitrogens with two attached hydrogens (primary N) is 2. The van der Waals surface area contributed by atoms with Crippen LogP contribution in [0.4, 0.5) is 0 Å². The van der Waals surface area contributed by atoms with E-state index in [0.29, 0.717) is 18.1 Å². The van der Waals surface area contributed by atoms with E-state index in [1.807, 2.05) is 12.1 Å². The smallest absolute Gasteiger partial charge is 0.248 e. The van der Waals surface area contributed by atoms with Crippen LogP contribution < -0.4 is 11.5 Å². The van der Waals surface area contributed by atoms with Crippen LogP contribution in [0.2, 0.25) is 0 Å². The molecule has 1 fully saturated rings. The molecular weight excluding hydrogens is 252 g/mol. The second-order valence-corrected chi connectivity index (χ2v) is 5.41. The van der Waals surface area contributed by atoms with Crippen LogP contribution in [0.5, 0.6) is 0 Å². The largest absolute Gasteiger partial charge is 0.370 e. The van der Waals surface area contributed by atoms with E-state index >= 15 is 0 Å². The van der Waals surface area contributed by atoms with Gasteiger partial charge in [-0.15, -0.1) is 0 Å². The molecule has 0 saturated carbocycles. The van der Waals surface area contributed by atoms with E-state index in [4.69, 9.17) is 11.5 Å². The lowest BCUT2D eigenvalue weighted by atomic mass is 10.00. The number of hydrogen-bond donors (Lipinski definition) is 2.